The first-order chi connectivity index (χ1) is 24.5. The number of ether oxygens (including phenoxy) is 3. The van der Waals surface area contributed by atoms with Crippen LogP contribution in [0.5, 0.6) is 5.75 Å². The van der Waals surface area contributed by atoms with E-state index < -0.39 is 0 Å². The van der Waals surface area contributed by atoms with E-state index in [1.54, 1.807) is 12.1 Å². The summed E-state index contributed by atoms with van der Waals surface area (Å²) < 4.78 is 34.3. The molecule has 6 aromatic rings. The predicted molar refractivity (Wildman–Crippen MR) is 196 cm³/mol. The Kier molecular flexibility index (Phi) is 10.3. The van der Waals surface area contributed by atoms with E-state index in [4.69, 9.17) is 19.2 Å². The third kappa shape index (κ3) is 7.47. The second kappa shape index (κ2) is 15.3. The molecule has 0 bridgehead atoms. The van der Waals surface area contributed by atoms with Crippen molar-refractivity contribution in [2.75, 3.05) is 13.7 Å². The van der Waals surface area contributed by atoms with Crippen LogP contribution in [0, 0.1) is 5.82 Å². The molecule has 50 heavy (non-hydrogen) atoms. The molecular weight excluding hydrogens is 648 g/mol. The largest absolute Gasteiger partial charge is 0.487 e. The molecule has 1 unspecified atom stereocenters. The van der Waals surface area contributed by atoms with Crippen molar-refractivity contribution in [3.05, 3.63) is 149 Å². The van der Waals surface area contributed by atoms with E-state index in [9.17, 15) is 9.18 Å². The van der Waals surface area contributed by atoms with Crippen LogP contribution in [0.15, 0.2) is 114 Å². The molecule has 0 radical (unpaired) electrons. The molecule has 6 nitrogen and oxygen atoms in total. The Morgan fingerprint density at radius 2 is 1.74 bits per heavy atom. The number of carbonyl (C=O) groups is 1. The summed E-state index contributed by atoms with van der Waals surface area (Å²) in [5.74, 6) is 0.345. The first-order valence-electron chi connectivity index (χ1n) is 16.9. The number of aromatic nitrogens is 2. The minimum Gasteiger partial charge on any atom is -0.487 e. The Morgan fingerprint density at radius 1 is 0.920 bits per heavy atom. The van der Waals surface area contributed by atoms with Crippen molar-refractivity contribution in [3.8, 4) is 16.9 Å². The number of carbonyl (C=O) groups excluding carboxylic acids is 1. The van der Waals surface area contributed by atoms with Crippen molar-refractivity contribution in [1.29, 1.82) is 0 Å². The third-order valence-corrected chi connectivity index (χ3v) is 10.4. The van der Waals surface area contributed by atoms with E-state index in [-0.39, 0.29) is 18.2 Å². The summed E-state index contributed by atoms with van der Waals surface area (Å²) in [5.41, 5.74) is 9.31. The smallest absolute Gasteiger partial charge is 0.309 e. The maximum atomic E-state index is 14.3. The van der Waals surface area contributed by atoms with Gasteiger partial charge < -0.3 is 18.8 Å². The van der Waals surface area contributed by atoms with Crippen molar-refractivity contribution in [2.24, 2.45) is 0 Å². The van der Waals surface area contributed by atoms with Crippen LogP contribution in [0.4, 0.5) is 4.39 Å². The third-order valence-electron chi connectivity index (χ3n) is 9.12. The average molecular weight is 687 g/mol. The van der Waals surface area contributed by atoms with Gasteiger partial charge in [-0.3, -0.25) is 9.78 Å². The van der Waals surface area contributed by atoms with E-state index in [2.05, 4.69) is 41.8 Å². The molecule has 0 amide bonds. The van der Waals surface area contributed by atoms with Crippen LogP contribution >= 0.6 is 11.8 Å². The number of hydrogen-bond acceptors (Lipinski definition) is 6. The summed E-state index contributed by atoms with van der Waals surface area (Å²) in [4.78, 5) is 17.9. The number of methoxy groups -OCH3 is 1. The van der Waals surface area contributed by atoms with Crippen LogP contribution in [-0.2, 0) is 53.3 Å². The second-order valence-corrected chi connectivity index (χ2v) is 14.0. The monoisotopic (exact) mass is 686 g/mol. The molecule has 254 valence electrons. The highest BCUT2D eigenvalue weighted by Crippen LogP contribution is 2.47. The fourth-order valence-corrected chi connectivity index (χ4v) is 8.01. The van der Waals surface area contributed by atoms with E-state index in [0.29, 0.717) is 38.0 Å². The van der Waals surface area contributed by atoms with Crippen LogP contribution in [0.3, 0.4) is 0 Å². The summed E-state index contributed by atoms with van der Waals surface area (Å²) in [6.07, 6.45) is 3.66. The highest BCUT2D eigenvalue weighted by Gasteiger charge is 2.29. The molecule has 8 heteroatoms. The molecule has 0 fully saturated rings. The Labute approximate surface area is 296 Å². The molecule has 0 saturated carbocycles. The van der Waals surface area contributed by atoms with Crippen LogP contribution in [-0.4, -0.2) is 34.5 Å². The number of hydrogen-bond donors (Lipinski definition) is 0. The molecule has 0 saturated heterocycles. The maximum Gasteiger partial charge on any atom is 0.309 e. The fraction of sp³-hybridized carbons (Fsp3) is 0.238. The van der Waals surface area contributed by atoms with E-state index in [1.165, 1.54) is 34.7 Å². The summed E-state index contributed by atoms with van der Waals surface area (Å²) >= 11 is 1.88. The minimum atomic E-state index is -0.277. The quantitative estimate of drug-likeness (QED) is 0.0893. The second-order valence-electron chi connectivity index (χ2n) is 12.6. The molecule has 1 aliphatic rings. The van der Waals surface area contributed by atoms with Gasteiger partial charge >= 0.3 is 5.97 Å². The SMILES string of the molecule is COC(=O)Cc1ccccc1COCCc1c2c3c(c(OCc4ccc(-c5ccccc5)cn4)ccc3n1Cc1cccc(F)c1)CC(C)S2. The Bertz CT molecular complexity index is 2110. The van der Waals surface area contributed by atoms with Crippen LogP contribution < -0.4 is 4.74 Å². The maximum absolute atomic E-state index is 14.3. The Hall–Kier alpha value is -4.92. The number of nitrogens with zero attached hydrogens (tertiary/aromatic N) is 2. The van der Waals surface area contributed by atoms with Gasteiger partial charge in [0, 0.05) is 51.5 Å². The molecule has 3 heterocycles. The van der Waals surface area contributed by atoms with Gasteiger partial charge in [-0.15, -0.1) is 11.8 Å². The van der Waals surface area contributed by atoms with E-state index in [1.807, 2.05) is 72.6 Å². The molecule has 2 aromatic heterocycles. The van der Waals surface area contributed by atoms with Crippen molar-refractivity contribution in [3.63, 3.8) is 0 Å². The number of rotatable bonds is 13. The van der Waals surface area contributed by atoms with Crippen LogP contribution in [0.1, 0.15) is 40.6 Å². The van der Waals surface area contributed by atoms with Gasteiger partial charge in [0.15, 0.2) is 0 Å². The molecule has 7 rings (SSSR count). The van der Waals surface area contributed by atoms with Crippen LogP contribution in [0.25, 0.3) is 22.0 Å². The molecule has 0 aliphatic carbocycles. The first kappa shape index (κ1) is 33.6. The molecular formula is C42H39FN2O4S. The lowest BCUT2D eigenvalue weighted by Crippen LogP contribution is -2.11. The average Bonchev–Trinajstić information content (AvgIpc) is 3.42. The summed E-state index contributed by atoms with van der Waals surface area (Å²) in [6, 6.07) is 33.2. The van der Waals surface area contributed by atoms with Gasteiger partial charge in [-0.05, 0) is 59.0 Å². The highest BCUT2D eigenvalue weighted by atomic mass is 32.2. The number of halogens is 1. The molecule has 4 aromatic carbocycles. The van der Waals surface area contributed by atoms with E-state index in [0.717, 1.165) is 51.2 Å². The van der Waals surface area contributed by atoms with Gasteiger partial charge in [-0.1, -0.05) is 79.7 Å². The predicted octanol–water partition coefficient (Wildman–Crippen LogP) is 8.98. The minimum absolute atomic E-state index is 0.207. The topological polar surface area (TPSA) is 62.6 Å². The lowest BCUT2D eigenvalue weighted by Gasteiger charge is -2.22. The van der Waals surface area contributed by atoms with Gasteiger partial charge in [0.05, 0.1) is 38.0 Å². The molecule has 1 atom stereocenters. The zero-order chi connectivity index (χ0) is 34.5. The van der Waals surface area contributed by atoms with Crippen molar-refractivity contribution in [2.45, 2.75) is 56.1 Å². The van der Waals surface area contributed by atoms with Crippen LogP contribution in [0.2, 0.25) is 0 Å². The lowest BCUT2D eigenvalue weighted by atomic mass is 10.0. The first-order valence-corrected chi connectivity index (χ1v) is 17.8. The summed E-state index contributed by atoms with van der Waals surface area (Å²) in [7, 11) is 1.40. The number of pyridine rings is 1. The zero-order valence-corrected chi connectivity index (χ0v) is 29.0. The number of esters is 1. The van der Waals surface area contributed by atoms with Gasteiger partial charge in [0.1, 0.15) is 18.2 Å². The molecule has 0 spiro atoms. The standard InChI is InChI=1S/C42H39FN2O4S/c1-28-21-36-39(49-27-35-16-15-32(24-44-35)30-10-4-3-5-11-30)18-17-37-41(36)42(50-28)38(45(37)25-29-9-8-14-34(43)22-29)19-20-48-26-33-13-7-6-12-31(33)23-40(46)47-2/h3-18,22,24,28H,19-21,23,25-27H2,1-2H3. The Balaban J connectivity index is 1.16. The highest BCUT2D eigenvalue weighted by molar-refractivity contribution is 8.00. The van der Waals surface area contributed by atoms with Gasteiger partial charge in [0.2, 0.25) is 0 Å². The Morgan fingerprint density at radius 3 is 2.52 bits per heavy atom. The molecule has 0 N–H and O–H groups in total. The summed E-state index contributed by atoms with van der Waals surface area (Å²) in [6.45, 7) is 4.03. The lowest BCUT2D eigenvalue weighted by molar-refractivity contribution is -0.139. The van der Waals surface area contributed by atoms with E-state index >= 15 is 0 Å². The van der Waals surface area contributed by atoms with Gasteiger partial charge in [-0.2, -0.15) is 0 Å². The molecule has 1 aliphatic heterocycles. The van der Waals surface area contributed by atoms with Gasteiger partial charge in [-0.25, -0.2) is 4.39 Å². The van der Waals surface area contributed by atoms with Gasteiger partial charge in [0.25, 0.3) is 0 Å². The van der Waals surface area contributed by atoms with Crippen molar-refractivity contribution < 1.29 is 23.4 Å². The normalized spacial score (nSPS) is 13.8. The number of benzene rings is 4. The van der Waals surface area contributed by atoms with Crippen molar-refractivity contribution in [1.82, 2.24) is 9.55 Å². The fourth-order valence-electron chi connectivity index (χ4n) is 6.66. The summed E-state index contributed by atoms with van der Waals surface area (Å²) in [5, 5.41) is 1.54. The zero-order valence-electron chi connectivity index (χ0n) is 28.2. The van der Waals surface area contributed by atoms with Crippen molar-refractivity contribution >= 4 is 28.6 Å². The number of thioether (sulfide) groups is 1.